The molecule has 0 radical (unpaired) electrons. The maximum Gasteiger partial charge on any atom is 0.148 e. The number of nitrogens with one attached hydrogen (secondary N) is 1. The Kier molecular flexibility index (Phi) is 3.50. The van der Waals surface area contributed by atoms with Crippen LogP contribution in [0.15, 0.2) is 0 Å². The molecule has 15 heavy (non-hydrogen) atoms. The van der Waals surface area contributed by atoms with Crippen LogP contribution in [0.25, 0.3) is 0 Å². The molecule has 0 atom stereocenters. The van der Waals surface area contributed by atoms with Crippen molar-refractivity contribution in [3.63, 3.8) is 0 Å². The summed E-state index contributed by atoms with van der Waals surface area (Å²) in [5.41, 5.74) is 3.60. The monoisotopic (exact) mass is 227 g/mol. The van der Waals surface area contributed by atoms with Crippen LogP contribution in [0.4, 0.5) is 5.00 Å². The Labute approximate surface area is 93.8 Å². The Morgan fingerprint density at radius 1 is 1.60 bits per heavy atom. The van der Waals surface area contributed by atoms with Crippen molar-refractivity contribution < 1.29 is 0 Å². The molecule has 6 heteroatoms. The van der Waals surface area contributed by atoms with E-state index in [1.165, 1.54) is 30.9 Å². The average molecular weight is 227 g/mol. The highest BCUT2D eigenvalue weighted by atomic mass is 32.1. The molecule has 1 heterocycles. The van der Waals surface area contributed by atoms with Crippen LogP contribution in [0.3, 0.4) is 0 Å². The van der Waals surface area contributed by atoms with Crippen molar-refractivity contribution in [2.24, 2.45) is 11.8 Å². The molecule has 1 aromatic rings. The molecule has 1 aliphatic carbocycles. The van der Waals surface area contributed by atoms with Gasteiger partial charge in [-0.1, -0.05) is 11.4 Å². The normalized spacial score (nSPS) is 15.9. The molecule has 0 aromatic carbocycles. The van der Waals surface area contributed by atoms with E-state index in [0.29, 0.717) is 0 Å². The zero-order chi connectivity index (χ0) is 10.7. The van der Waals surface area contributed by atoms with Gasteiger partial charge in [0.1, 0.15) is 10.7 Å². The third-order valence-corrected chi connectivity index (χ3v) is 3.42. The van der Waals surface area contributed by atoms with Crippen LogP contribution >= 0.6 is 11.5 Å². The third-order valence-electron chi connectivity index (χ3n) is 2.72. The maximum atomic E-state index is 5.39. The van der Waals surface area contributed by atoms with Gasteiger partial charge in [0, 0.05) is 24.6 Å². The lowest BCUT2D eigenvalue weighted by molar-refractivity contribution is 0.265. The predicted octanol–water partition coefficient (Wildman–Crippen LogP) is 1.06. The van der Waals surface area contributed by atoms with E-state index in [-0.39, 0.29) is 0 Å². The number of hydrazine groups is 1. The van der Waals surface area contributed by atoms with Crippen molar-refractivity contribution in [2.75, 3.05) is 18.5 Å². The Morgan fingerprint density at radius 2 is 2.40 bits per heavy atom. The van der Waals surface area contributed by atoms with E-state index in [1.807, 2.05) is 0 Å². The second kappa shape index (κ2) is 4.87. The molecule has 1 saturated carbocycles. The van der Waals surface area contributed by atoms with Gasteiger partial charge in [0.05, 0.1) is 0 Å². The maximum absolute atomic E-state index is 5.39. The topological polar surface area (TPSA) is 67.1 Å². The molecule has 0 saturated heterocycles. The highest BCUT2D eigenvalue weighted by Gasteiger charge is 2.24. The highest BCUT2D eigenvalue weighted by molar-refractivity contribution is 7.10. The number of nitrogens with zero attached hydrogens (tertiary/aromatic N) is 3. The molecule has 0 aliphatic heterocycles. The van der Waals surface area contributed by atoms with Crippen LogP contribution in [-0.4, -0.2) is 27.6 Å². The second-order valence-electron chi connectivity index (χ2n) is 3.96. The van der Waals surface area contributed by atoms with Gasteiger partial charge in [0.2, 0.25) is 0 Å². The minimum atomic E-state index is 0.850. The number of hydrogen-bond acceptors (Lipinski definition) is 6. The Balaban J connectivity index is 1.92. The van der Waals surface area contributed by atoms with Crippen LogP contribution in [0.5, 0.6) is 0 Å². The van der Waals surface area contributed by atoms with E-state index in [9.17, 15) is 0 Å². The molecule has 0 bridgehead atoms. The van der Waals surface area contributed by atoms with Crippen LogP contribution in [0.2, 0.25) is 0 Å². The van der Waals surface area contributed by atoms with E-state index in [2.05, 4.69) is 26.8 Å². The predicted molar refractivity (Wildman–Crippen MR) is 61.4 cm³/mol. The first-order chi connectivity index (χ1) is 7.33. The van der Waals surface area contributed by atoms with Gasteiger partial charge in [-0.15, -0.1) is 5.10 Å². The molecule has 1 fully saturated rings. The van der Waals surface area contributed by atoms with Crippen molar-refractivity contribution in [3.05, 3.63) is 5.69 Å². The van der Waals surface area contributed by atoms with E-state index in [1.54, 1.807) is 0 Å². The lowest BCUT2D eigenvalue weighted by Crippen LogP contribution is -2.26. The molecule has 0 amide bonds. The summed E-state index contributed by atoms with van der Waals surface area (Å²) < 4.78 is 3.90. The Hall–Kier alpha value is -0.720. The lowest BCUT2D eigenvalue weighted by Gasteiger charge is -2.18. The summed E-state index contributed by atoms with van der Waals surface area (Å²) in [5, 5.41) is 4.97. The SMILES string of the molecule is CCN(Cc1nnsc1NN)CC1CC1. The number of nitrogen functional groups attached to an aromatic ring is 1. The number of rotatable bonds is 6. The first kappa shape index (κ1) is 10.8. The van der Waals surface area contributed by atoms with Crippen molar-refractivity contribution in [1.29, 1.82) is 0 Å². The standard InChI is InChI=1S/C9H17N5S/c1-2-14(5-7-3-4-7)6-8-9(11-10)15-13-12-8/h7,11H,2-6,10H2,1H3. The van der Waals surface area contributed by atoms with Gasteiger partial charge in [0.15, 0.2) is 0 Å². The minimum absolute atomic E-state index is 0.850. The molecular weight excluding hydrogens is 210 g/mol. The summed E-state index contributed by atoms with van der Waals surface area (Å²) in [6.07, 6.45) is 2.77. The first-order valence-electron chi connectivity index (χ1n) is 5.33. The highest BCUT2D eigenvalue weighted by Crippen LogP contribution is 2.30. The van der Waals surface area contributed by atoms with Gasteiger partial charge in [-0.05, 0) is 25.3 Å². The zero-order valence-electron chi connectivity index (χ0n) is 8.94. The molecule has 5 nitrogen and oxygen atoms in total. The molecule has 1 aliphatic rings. The van der Waals surface area contributed by atoms with Gasteiger partial charge < -0.3 is 5.43 Å². The molecule has 1 aromatic heterocycles. The zero-order valence-corrected chi connectivity index (χ0v) is 9.76. The van der Waals surface area contributed by atoms with Crippen molar-refractivity contribution in [2.45, 2.75) is 26.3 Å². The van der Waals surface area contributed by atoms with E-state index >= 15 is 0 Å². The van der Waals surface area contributed by atoms with Crippen LogP contribution in [0.1, 0.15) is 25.5 Å². The largest absolute Gasteiger partial charge is 0.313 e. The molecule has 84 valence electrons. The van der Waals surface area contributed by atoms with Gasteiger partial charge in [-0.25, -0.2) is 5.84 Å². The average Bonchev–Trinajstić information content (AvgIpc) is 2.95. The van der Waals surface area contributed by atoms with Crippen molar-refractivity contribution >= 4 is 16.5 Å². The van der Waals surface area contributed by atoms with Gasteiger partial charge in [-0.3, -0.25) is 4.90 Å². The lowest BCUT2D eigenvalue weighted by atomic mass is 10.3. The summed E-state index contributed by atoms with van der Waals surface area (Å²) in [4.78, 5) is 2.40. The summed E-state index contributed by atoms with van der Waals surface area (Å²) in [7, 11) is 0. The minimum Gasteiger partial charge on any atom is -0.313 e. The molecule has 2 rings (SSSR count). The van der Waals surface area contributed by atoms with Crippen LogP contribution in [0, 0.1) is 5.92 Å². The quantitative estimate of drug-likeness (QED) is 0.562. The summed E-state index contributed by atoms with van der Waals surface area (Å²) >= 11 is 1.31. The van der Waals surface area contributed by atoms with Crippen molar-refractivity contribution in [3.8, 4) is 0 Å². The summed E-state index contributed by atoms with van der Waals surface area (Å²) in [6.45, 7) is 5.26. The molecule has 0 spiro atoms. The Morgan fingerprint density at radius 3 is 3.00 bits per heavy atom. The van der Waals surface area contributed by atoms with E-state index in [4.69, 9.17) is 5.84 Å². The van der Waals surface area contributed by atoms with E-state index in [0.717, 1.165) is 29.7 Å². The van der Waals surface area contributed by atoms with Gasteiger partial charge in [-0.2, -0.15) is 0 Å². The van der Waals surface area contributed by atoms with Crippen molar-refractivity contribution in [1.82, 2.24) is 14.5 Å². The number of aromatic nitrogens is 2. The van der Waals surface area contributed by atoms with Gasteiger partial charge >= 0.3 is 0 Å². The number of hydrogen-bond donors (Lipinski definition) is 2. The fourth-order valence-corrected chi connectivity index (χ4v) is 2.09. The number of anilines is 1. The fraction of sp³-hybridized carbons (Fsp3) is 0.778. The molecular formula is C9H17N5S. The van der Waals surface area contributed by atoms with Gasteiger partial charge in [0.25, 0.3) is 0 Å². The van der Waals surface area contributed by atoms with Crippen LogP contribution < -0.4 is 11.3 Å². The third kappa shape index (κ3) is 2.87. The number of nitrogens with two attached hydrogens (primary N) is 1. The summed E-state index contributed by atoms with van der Waals surface area (Å²) in [6, 6.07) is 0. The molecule has 3 N–H and O–H groups in total. The Bertz CT molecular complexity index is 309. The first-order valence-corrected chi connectivity index (χ1v) is 6.11. The van der Waals surface area contributed by atoms with Crippen LogP contribution in [-0.2, 0) is 6.54 Å². The molecule has 0 unspecified atom stereocenters. The summed E-state index contributed by atoms with van der Waals surface area (Å²) in [5.74, 6) is 6.30. The fourth-order valence-electron chi connectivity index (χ4n) is 1.60. The smallest absolute Gasteiger partial charge is 0.148 e. The van der Waals surface area contributed by atoms with E-state index < -0.39 is 0 Å². The second-order valence-corrected chi connectivity index (χ2v) is 4.72.